The number of nitrogens with zero attached hydrogens (tertiary/aromatic N) is 1. The molecule has 5 heteroatoms. The van der Waals surface area contributed by atoms with E-state index in [9.17, 15) is 8.42 Å². The second kappa shape index (κ2) is 6.59. The highest BCUT2D eigenvalue weighted by atomic mass is 32.2. The number of hydrogen-bond donors (Lipinski definition) is 1. The standard InChI is InChI=1S/C15H24N2O2S/c1-3-16-14-8-6-10-17(11-12-20(2,18)19)15-9-5-4-7-13(14)15/h4-5,7,9,14,16H,3,6,8,10-12H2,1-2H3. The Morgan fingerprint density at radius 2 is 2.10 bits per heavy atom. The number of anilines is 1. The lowest BCUT2D eigenvalue weighted by Crippen LogP contribution is -2.30. The molecule has 0 aromatic heterocycles. The average Bonchev–Trinajstić information content (AvgIpc) is 2.57. The number of nitrogens with one attached hydrogen (secondary N) is 1. The van der Waals surface area contributed by atoms with E-state index in [0.717, 1.165) is 25.9 Å². The van der Waals surface area contributed by atoms with Crippen molar-refractivity contribution < 1.29 is 8.42 Å². The molecular weight excluding hydrogens is 272 g/mol. The van der Waals surface area contributed by atoms with Crippen LogP contribution >= 0.6 is 0 Å². The minimum absolute atomic E-state index is 0.215. The molecule has 0 bridgehead atoms. The molecule has 0 radical (unpaired) electrons. The highest BCUT2D eigenvalue weighted by molar-refractivity contribution is 7.90. The monoisotopic (exact) mass is 296 g/mol. The number of rotatable bonds is 5. The average molecular weight is 296 g/mol. The molecule has 4 nitrogen and oxygen atoms in total. The fraction of sp³-hybridized carbons (Fsp3) is 0.600. The van der Waals surface area contributed by atoms with E-state index < -0.39 is 9.84 Å². The molecule has 2 rings (SSSR count). The van der Waals surface area contributed by atoms with Crippen LogP contribution in [0.2, 0.25) is 0 Å². The van der Waals surface area contributed by atoms with Crippen LogP contribution in [-0.4, -0.2) is 40.1 Å². The van der Waals surface area contributed by atoms with Crippen molar-refractivity contribution in [1.29, 1.82) is 0 Å². The third kappa shape index (κ3) is 3.96. The van der Waals surface area contributed by atoms with Gasteiger partial charge >= 0.3 is 0 Å². The van der Waals surface area contributed by atoms with E-state index in [1.54, 1.807) is 0 Å². The first kappa shape index (κ1) is 15.3. The van der Waals surface area contributed by atoms with Gasteiger partial charge < -0.3 is 10.2 Å². The zero-order chi connectivity index (χ0) is 14.6. The van der Waals surface area contributed by atoms with Gasteiger partial charge in [0.15, 0.2) is 0 Å². The fourth-order valence-corrected chi connectivity index (χ4v) is 3.35. The number of hydrogen-bond acceptors (Lipinski definition) is 4. The Hall–Kier alpha value is -1.07. The van der Waals surface area contributed by atoms with Crippen LogP contribution in [-0.2, 0) is 9.84 Å². The quantitative estimate of drug-likeness (QED) is 0.902. The fourth-order valence-electron chi connectivity index (χ4n) is 2.80. The molecule has 1 aromatic carbocycles. The van der Waals surface area contributed by atoms with Crippen LogP contribution in [0.1, 0.15) is 31.4 Å². The topological polar surface area (TPSA) is 49.4 Å². The minimum Gasteiger partial charge on any atom is -0.370 e. The summed E-state index contributed by atoms with van der Waals surface area (Å²) >= 11 is 0. The van der Waals surface area contributed by atoms with Gasteiger partial charge in [0.2, 0.25) is 0 Å². The van der Waals surface area contributed by atoms with Crippen molar-refractivity contribution >= 4 is 15.5 Å². The van der Waals surface area contributed by atoms with Crippen LogP contribution in [0, 0.1) is 0 Å². The van der Waals surface area contributed by atoms with E-state index in [4.69, 9.17) is 0 Å². The molecule has 1 aliphatic heterocycles. The smallest absolute Gasteiger partial charge is 0.149 e. The third-order valence-electron chi connectivity index (χ3n) is 3.76. The Labute approximate surface area is 122 Å². The Morgan fingerprint density at radius 1 is 1.35 bits per heavy atom. The normalized spacial score (nSPS) is 19.5. The first-order valence-corrected chi connectivity index (χ1v) is 9.32. The first-order valence-electron chi connectivity index (χ1n) is 7.26. The highest BCUT2D eigenvalue weighted by Gasteiger charge is 2.22. The summed E-state index contributed by atoms with van der Waals surface area (Å²) in [6, 6.07) is 8.72. The van der Waals surface area contributed by atoms with E-state index in [1.807, 2.05) is 6.07 Å². The van der Waals surface area contributed by atoms with Crippen LogP contribution in [0.15, 0.2) is 24.3 Å². The van der Waals surface area contributed by atoms with Crippen molar-refractivity contribution in [1.82, 2.24) is 5.32 Å². The van der Waals surface area contributed by atoms with E-state index in [-0.39, 0.29) is 5.75 Å². The van der Waals surface area contributed by atoms with E-state index in [0.29, 0.717) is 12.6 Å². The van der Waals surface area contributed by atoms with Crippen molar-refractivity contribution in [2.75, 3.05) is 36.5 Å². The van der Waals surface area contributed by atoms with Crippen LogP contribution in [0.5, 0.6) is 0 Å². The molecule has 1 N–H and O–H groups in total. The molecule has 0 spiro atoms. The summed E-state index contributed by atoms with van der Waals surface area (Å²) in [7, 11) is -2.92. The van der Waals surface area contributed by atoms with Gasteiger partial charge in [-0.05, 0) is 31.0 Å². The zero-order valence-electron chi connectivity index (χ0n) is 12.3. The zero-order valence-corrected chi connectivity index (χ0v) is 13.1. The van der Waals surface area contributed by atoms with Crippen molar-refractivity contribution in [3.63, 3.8) is 0 Å². The van der Waals surface area contributed by atoms with Crippen molar-refractivity contribution in [3.8, 4) is 0 Å². The summed E-state index contributed by atoms with van der Waals surface area (Å²) in [4.78, 5) is 2.22. The predicted molar refractivity (Wildman–Crippen MR) is 84.0 cm³/mol. The molecule has 1 heterocycles. The summed E-state index contributed by atoms with van der Waals surface area (Å²) in [5, 5.41) is 3.53. The van der Waals surface area contributed by atoms with Crippen LogP contribution < -0.4 is 10.2 Å². The van der Waals surface area contributed by atoms with Gasteiger partial charge in [-0.1, -0.05) is 25.1 Å². The lowest BCUT2D eigenvalue weighted by molar-refractivity contribution is 0.511. The van der Waals surface area contributed by atoms with E-state index in [2.05, 4.69) is 35.3 Å². The van der Waals surface area contributed by atoms with E-state index in [1.165, 1.54) is 17.5 Å². The summed E-state index contributed by atoms with van der Waals surface area (Å²) < 4.78 is 22.8. The largest absolute Gasteiger partial charge is 0.370 e. The first-order chi connectivity index (χ1) is 9.51. The summed E-state index contributed by atoms with van der Waals surface area (Å²) in [5.74, 6) is 0.215. The van der Waals surface area contributed by atoms with Crippen molar-refractivity contribution in [2.24, 2.45) is 0 Å². The molecule has 1 aromatic rings. The SMILES string of the molecule is CCNC1CCCN(CCS(C)(=O)=O)c2ccccc21. The molecule has 0 amide bonds. The molecule has 0 aliphatic carbocycles. The molecule has 0 fully saturated rings. The Morgan fingerprint density at radius 3 is 2.80 bits per heavy atom. The molecule has 112 valence electrons. The molecule has 1 atom stereocenters. The number of para-hydroxylation sites is 1. The Bertz CT molecular complexity index is 543. The van der Waals surface area contributed by atoms with Gasteiger partial charge in [-0.15, -0.1) is 0 Å². The molecule has 1 unspecified atom stereocenters. The minimum atomic E-state index is -2.92. The van der Waals surface area contributed by atoms with Crippen LogP contribution in [0.25, 0.3) is 0 Å². The molecule has 0 saturated heterocycles. The van der Waals surface area contributed by atoms with Gasteiger partial charge in [-0.2, -0.15) is 0 Å². The number of fused-ring (bicyclic) bond motifs is 1. The second-order valence-corrected chi connectivity index (χ2v) is 7.69. The van der Waals surface area contributed by atoms with Gasteiger partial charge in [0.05, 0.1) is 5.75 Å². The second-order valence-electron chi connectivity index (χ2n) is 5.43. The number of sulfone groups is 1. The molecule has 20 heavy (non-hydrogen) atoms. The maximum absolute atomic E-state index is 11.4. The number of benzene rings is 1. The highest BCUT2D eigenvalue weighted by Crippen LogP contribution is 2.32. The lowest BCUT2D eigenvalue weighted by Gasteiger charge is -2.25. The third-order valence-corrected chi connectivity index (χ3v) is 4.68. The van der Waals surface area contributed by atoms with Gasteiger partial charge in [0.1, 0.15) is 9.84 Å². The van der Waals surface area contributed by atoms with Crippen LogP contribution in [0.3, 0.4) is 0 Å². The summed E-state index contributed by atoms with van der Waals surface area (Å²) in [6.45, 7) is 4.57. The molecule has 1 aliphatic rings. The van der Waals surface area contributed by atoms with Gasteiger partial charge in [0, 0.05) is 31.1 Å². The van der Waals surface area contributed by atoms with Crippen LogP contribution in [0.4, 0.5) is 5.69 Å². The van der Waals surface area contributed by atoms with Crippen molar-refractivity contribution in [2.45, 2.75) is 25.8 Å². The van der Waals surface area contributed by atoms with Gasteiger partial charge in [-0.3, -0.25) is 0 Å². The summed E-state index contributed by atoms with van der Waals surface area (Å²) in [6.07, 6.45) is 3.48. The predicted octanol–water partition coefficient (Wildman–Crippen LogP) is 1.98. The van der Waals surface area contributed by atoms with E-state index >= 15 is 0 Å². The molecule has 0 saturated carbocycles. The van der Waals surface area contributed by atoms with Crippen molar-refractivity contribution in [3.05, 3.63) is 29.8 Å². The van der Waals surface area contributed by atoms with Gasteiger partial charge in [-0.25, -0.2) is 8.42 Å². The Balaban J connectivity index is 2.23. The molecular formula is C15H24N2O2S. The van der Waals surface area contributed by atoms with Gasteiger partial charge in [0.25, 0.3) is 0 Å². The maximum Gasteiger partial charge on any atom is 0.149 e. The summed E-state index contributed by atoms with van der Waals surface area (Å²) in [5.41, 5.74) is 2.47. The Kier molecular flexibility index (Phi) is 5.05. The maximum atomic E-state index is 11.4. The lowest BCUT2D eigenvalue weighted by atomic mass is 10.0.